The zero-order valence-electron chi connectivity index (χ0n) is 10.8. The van der Waals surface area contributed by atoms with Crippen LogP contribution in [-0.2, 0) is 0 Å². The van der Waals surface area contributed by atoms with Gasteiger partial charge in [0.15, 0.2) is 0 Å². The van der Waals surface area contributed by atoms with Crippen molar-refractivity contribution in [1.29, 1.82) is 0 Å². The summed E-state index contributed by atoms with van der Waals surface area (Å²) in [6, 6.07) is 3.18. The van der Waals surface area contributed by atoms with Gasteiger partial charge in [0.25, 0.3) is 0 Å². The number of nitro groups is 1. The largest absolute Gasteiger partial charge is 0.430 e. The molecule has 8 heteroatoms. The molecule has 1 aromatic heterocycles. The van der Waals surface area contributed by atoms with Crippen LogP contribution in [0.2, 0.25) is 5.02 Å². The topological polar surface area (TPSA) is 104 Å². The van der Waals surface area contributed by atoms with Crippen LogP contribution in [0.15, 0.2) is 18.3 Å². The number of ether oxygens (including phenoxy) is 1. The fourth-order valence-corrected chi connectivity index (χ4v) is 1.86. The van der Waals surface area contributed by atoms with E-state index in [1.54, 1.807) is 19.9 Å². The lowest BCUT2D eigenvalue weighted by Gasteiger charge is -2.10. The second kappa shape index (κ2) is 5.30. The molecule has 0 aliphatic carbocycles. The molecule has 0 fully saturated rings. The molecule has 0 aliphatic rings. The quantitative estimate of drug-likeness (QED) is 0.689. The number of hydrogen-bond acceptors (Lipinski definition) is 6. The minimum Gasteiger partial charge on any atom is -0.430 e. The number of aryl methyl sites for hydroxylation is 2. The van der Waals surface area contributed by atoms with Gasteiger partial charge in [0.2, 0.25) is 17.6 Å². The lowest BCUT2D eigenvalue weighted by molar-refractivity contribution is -0.385. The molecular formula is C12H11ClN4O3. The smallest absolute Gasteiger partial charge is 0.312 e. The molecule has 104 valence electrons. The van der Waals surface area contributed by atoms with Crippen LogP contribution < -0.4 is 10.5 Å². The van der Waals surface area contributed by atoms with Gasteiger partial charge in [-0.25, -0.2) is 4.98 Å². The second-order valence-electron chi connectivity index (χ2n) is 4.17. The van der Waals surface area contributed by atoms with Gasteiger partial charge in [-0.2, -0.15) is 4.98 Å². The Bertz CT molecular complexity index is 691. The highest BCUT2D eigenvalue weighted by atomic mass is 35.5. The van der Waals surface area contributed by atoms with Crippen LogP contribution in [0, 0.1) is 24.0 Å². The number of nitrogens with two attached hydrogens (primary N) is 1. The van der Waals surface area contributed by atoms with Crippen molar-refractivity contribution in [3.8, 4) is 11.6 Å². The number of aromatic nitrogens is 2. The monoisotopic (exact) mass is 294 g/mol. The van der Waals surface area contributed by atoms with E-state index >= 15 is 0 Å². The van der Waals surface area contributed by atoms with E-state index in [1.165, 1.54) is 12.3 Å². The molecule has 0 spiro atoms. The summed E-state index contributed by atoms with van der Waals surface area (Å²) in [5, 5.41) is 11.2. The molecule has 20 heavy (non-hydrogen) atoms. The number of rotatable bonds is 3. The van der Waals surface area contributed by atoms with E-state index in [9.17, 15) is 10.1 Å². The highest BCUT2D eigenvalue weighted by molar-refractivity contribution is 6.31. The van der Waals surface area contributed by atoms with Gasteiger partial charge in [-0.15, -0.1) is 0 Å². The second-order valence-corrected chi connectivity index (χ2v) is 4.58. The molecular weight excluding hydrogens is 284 g/mol. The predicted molar refractivity (Wildman–Crippen MR) is 74.1 cm³/mol. The van der Waals surface area contributed by atoms with Crippen LogP contribution in [0.25, 0.3) is 0 Å². The predicted octanol–water partition coefficient (Wildman–Crippen LogP) is 3.03. The van der Waals surface area contributed by atoms with Crippen molar-refractivity contribution in [2.24, 2.45) is 0 Å². The summed E-state index contributed by atoms with van der Waals surface area (Å²) in [5.41, 5.74) is 6.65. The number of hydrogen-bond donors (Lipinski definition) is 1. The molecule has 2 aromatic rings. The van der Waals surface area contributed by atoms with Crippen molar-refractivity contribution >= 4 is 23.2 Å². The lowest BCUT2D eigenvalue weighted by Crippen LogP contribution is -2.01. The van der Waals surface area contributed by atoms with Gasteiger partial charge in [-0.1, -0.05) is 17.7 Å². The molecule has 0 aliphatic heterocycles. The number of benzene rings is 1. The van der Waals surface area contributed by atoms with Gasteiger partial charge in [0.05, 0.1) is 11.1 Å². The fourth-order valence-electron chi connectivity index (χ4n) is 1.73. The Hall–Kier alpha value is -2.41. The Morgan fingerprint density at radius 3 is 2.75 bits per heavy atom. The standard InChI is InChI=1S/C12H11ClN4O3/c1-6-3-7(2)10(9(4-6)17(18)19)20-11-8(13)5-15-12(14)16-11/h3-5H,1-2H3,(H2,14,15,16). The van der Waals surface area contributed by atoms with E-state index in [0.717, 1.165) is 5.56 Å². The van der Waals surface area contributed by atoms with Crippen LogP contribution in [0.4, 0.5) is 11.6 Å². The summed E-state index contributed by atoms with van der Waals surface area (Å²) in [4.78, 5) is 18.1. The molecule has 2 rings (SSSR count). The Kier molecular flexibility index (Phi) is 3.71. The average Bonchev–Trinajstić information content (AvgIpc) is 2.36. The SMILES string of the molecule is Cc1cc(C)c(Oc2nc(N)ncc2Cl)c([N+](=O)[O-])c1. The zero-order valence-corrected chi connectivity index (χ0v) is 11.5. The molecule has 1 aromatic carbocycles. The summed E-state index contributed by atoms with van der Waals surface area (Å²) in [6.45, 7) is 3.47. The third kappa shape index (κ3) is 2.77. The lowest BCUT2D eigenvalue weighted by atomic mass is 10.1. The van der Waals surface area contributed by atoms with E-state index < -0.39 is 4.92 Å². The maximum Gasteiger partial charge on any atom is 0.312 e. The van der Waals surface area contributed by atoms with Crippen LogP contribution >= 0.6 is 11.6 Å². The zero-order chi connectivity index (χ0) is 14.9. The fraction of sp³-hybridized carbons (Fsp3) is 0.167. The van der Waals surface area contributed by atoms with Crippen LogP contribution in [0.3, 0.4) is 0 Å². The van der Waals surface area contributed by atoms with Gasteiger partial charge in [-0.3, -0.25) is 10.1 Å². The summed E-state index contributed by atoms with van der Waals surface area (Å²) < 4.78 is 5.46. The Morgan fingerprint density at radius 1 is 1.40 bits per heavy atom. The number of nitrogens with zero attached hydrogens (tertiary/aromatic N) is 3. The minimum absolute atomic E-state index is 0.0192. The number of halogens is 1. The van der Waals surface area contributed by atoms with E-state index in [4.69, 9.17) is 22.1 Å². The molecule has 0 saturated heterocycles. The van der Waals surface area contributed by atoms with Gasteiger partial charge in [0, 0.05) is 6.07 Å². The van der Waals surface area contributed by atoms with Gasteiger partial charge in [-0.05, 0) is 25.0 Å². The van der Waals surface area contributed by atoms with E-state index in [1.807, 2.05) is 0 Å². The molecule has 0 saturated carbocycles. The highest BCUT2D eigenvalue weighted by Gasteiger charge is 2.21. The number of anilines is 1. The van der Waals surface area contributed by atoms with Crippen LogP contribution in [-0.4, -0.2) is 14.9 Å². The molecule has 0 bridgehead atoms. The summed E-state index contributed by atoms with van der Waals surface area (Å²) in [7, 11) is 0. The Balaban J connectivity index is 2.53. The molecule has 2 N–H and O–H groups in total. The first-order valence-corrected chi connectivity index (χ1v) is 5.98. The number of nitrogen functional groups attached to an aromatic ring is 1. The first kappa shape index (κ1) is 14.0. The van der Waals surface area contributed by atoms with Gasteiger partial charge in [0.1, 0.15) is 5.02 Å². The third-order valence-electron chi connectivity index (χ3n) is 2.53. The van der Waals surface area contributed by atoms with Crippen molar-refractivity contribution in [1.82, 2.24) is 9.97 Å². The van der Waals surface area contributed by atoms with Crippen molar-refractivity contribution < 1.29 is 9.66 Å². The Morgan fingerprint density at radius 2 is 2.10 bits per heavy atom. The maximum atomic E-state index is 11.1. The molecule has 1 heterocycles. The molecule has 0 radical (unpaired) electrons. The molecule has 0 amide bonds. The summed E-state index contributed by atoms with van der Waals surface area (Å²) in [5.74, 6) is 0.0339. The van der Waals surface area contributed by atoms with Crippen molar-refractivity contribution in [2.75, 3.05) is 5.73 Å². The summed E-state index contributed by atoms with van der Waals surface area (Å²) >= 11 is 5.89. The van der Waals surface area contributed by atoms with Gasteiger partial charge < -0.3 is 10.5 Å². The van der Waals surface area contributed by atoms with Crippen LogP contribution in [0.5, 0.6) is 11.6 Å². The van der Waals surface area contributed by atoms with Gasteiger partial charge >= 0.3 is 5.69 Å². The third-order valence-corrected chi connectivity index (χ3v) is 2.78. The highest BCUT2D eigenvalue weighted by Crippen LogP contribution is 2.37. The minimum atomic E-state index is -0.520. The molecule has 7 nitrogen and oxygen atoms in total. The first-order valence-electron chi connectivity index (χ1n) is 5.60. The maximum absolute atomic E-state index is 11.1. The number of nitro benzene ring substituents is 1. The molecule has 0 unspecified atom stereocenters. The van der Waals surface area contributed by atoms with E-state index in [0.29, 0.717) is 5.56 Å². The molecule has 0 atom stereocenters. The van der Waals surface area contributed by atoms with Crippen molar-refractivity contribution in [3.05, 3.63) is 44.6 Å². The van der Waals surface area contributed by atoms with Crippen molar-refractivity contribution in [2.45, 2.75) is 13.8 Å². The summed E-state index contributed by atoms with van der Waals surface area (Å²) in [6.07, 6.45) is 1.27. The van der Waals surface area contributed by atoms with E-state index in [2.05, 4.69) is 9.97 Å². The Labute approximate surface area is 119 Å². The van der Waals surface area contributed by atoms with Crippen LogP contribution in [0.1, 0.15) is 11.1 Å². The first-order chi connectivity index (χ1) is 9.38. The van der Waals surface area contributed by atoms with Crippen molar-refractivity contribution in [3.63, 3.8) is 0 Å². The normalized spacial score (nSPS) is 10.3. The van der Waals surface area contributed by atoms with E-state index in [-0.39, 0.29) is 28.3 Å². The average molecular weight is 295 g/mol.